The number of nitrogens with zero attached hydrogens (tertiary/aromatic N) is 3. The molecule has 1 aromatic carbocycles. The minimum atomic E-state index is -0.267. The summed E-state index contributed by atoms with van der Waals surface area (Å²) in [6.07, 6.45) is 6.21. The second-order valence-electron chi connectivity index (χ2n) is 8.18. The van der Waals surface area contributed by atoms with Gasteiger partial charge in [-0.2, -0.15) is 5.26 Å². The monoisotopic (exact) mass is 353 g/mol. The van der Waals surface area contributed by atoms with Gasteiger partial charge in [-0.3, -0.25) is 4.79 Å². The Bertz CT molecular complexity index is 720. The van der Waals surface area contributed by atoms with Crippen LogP contribution in [0.25, 0.3) is 0 Å². The van der Waals surface area contributed by atoms with Gasteiger partial charge in [-0.05, 0) is 63.1 Å². The fraction of sp³-hybridized carbons (Fsp3) is 0.619. The van der Waals surface area contributed by atoms with Crippen molar-refractivity contribution in [3.63, 3.8) is 0 Å². The number of hydrogen-bond acceptors (Lipinski definition) is 4. The van der Waals surface area contributed by atoms with Gasteiger partial charge in [0.2, 0.25) is 5.91 Å². The number of rotatable bonds is 2. The summed E-state index contributed by atoms with van der Waals surface area (Å²) < 4.78 is 0. The maximum absolute atomic E-state index is 13.3. The van der Waals surface area contributed by atoms with Crippen molar-refractivity contribution in [2.75, 3.05) is 24.5 Å². The van der Waals surface area contributed by atoms with Gasteiger partial charge in [0.15, 0.2) is 0 Å². The number of aliphatic hydroxyl groups excluding tert-OH is 1. The van der Waals surface area contributed by atoms with Crippen molar-refractivity contribution in [1.82, 2.24) is 4.90 Å². The predicted molar refractivity (Wildman–Crippen MR) is 99.6 cm³/mol. The minimum Gasteiger partial charge on any atom is -0.393 e. The van der Waals surface area contributed by atoms with E-state index in [0.29, 0.717) is 17.5 Å². The van der Waals surface area contributed by atoms with E-state index < -0.39 is 0 Å². The van der Waals surface area contributed by atoms with E-state index in [1.807, 2.05) is 24.3 Å². The summed E-state index contributed by atoms with van der Waals surface area (Å²) in [4.78, 5) is 17.7. The summed E-state index contributed by atoms with van der Waals surface area (Å²) in [5.41, 5.74) is 1.45. The topological polar surface area (TPSA) is 67.6 Å². The van der Waals surface area contributed by atoms with E-state index in [0.717, 1.165) is 70.3 Å². The second kappa shape index (κ2) is 6.92. The number of carbonyl (C=O) groups is 1. The summed E-state index contributed by atoms with van der Waals surface area (Å²) in [6, 6.07) is 10.2. The molecule has 3 fully saturated rings. The summed E-state index contributed by atoms with van der Waals surface area (Å²) >= 11 is 0. The van der Waals surface area contributed by atoms with Gasteiger partial charge in [-0.25, -0.2) is 0 Å². The molecular weight excluding hydrogens is 326 g/mol. The van der Waals surface area contributed by atoms with Crippen LogP contribution in [-0.2, 0) is 4.79 Å². The van der Waals surface area contributed by atoms with E-state index in [2.05, 4.69) is 15.9 Å². The Hall–Kier alpha value is -2.06. The standard InChI is InChI=1S/C21H27N3O2/c22-14-16-3-1-4-18(13-16)23-11-2-9-21(15-23)10-12-24(20(21)26)17-5-7-19(25)8-6-17/h1,3-4,13,17,19,25H,2,5-12,15H2/t17?,19?,21-/m1/s1. The molecule has 1 N–H and O–H groups in total. The van der Waals surface area contributed by atoms with E-state index in [4.69, 9.17) is 5.26 Å². The summed E-state index contributed by atoms with van der Waals surface area (Å²) in [5.74, 6) is 0.319. The number of likely N-dealkylation sites (tertiary alicyclic amines) is 1. The van der Waals surface area contributed by atoms with Gasteiger partial charge in [0.05, 0.1) is 23.2 Å². The molecule has 138 valence electrons. The van der Waals surface area contributed by atoms with Gasteiger partial charge in [0.25, 0.3) is 0 Å². The first-order valence-corrected chi connectivity index (χ1v) is 9.86. The average molecular weight is 353 g/mol. The number of carbonyl (C=O) groups excluding carboxylic acids is 1. The van der Waals surface area contributed by atoms with Crippen molar-refractivity contribution in [3.8, 4) is 6.07 Å². The molecule has 0 radical (unpaired) electrons. The third-order valence-electron chi connectivity index (χ3n) is 6.57. The molecule has 1 aliphatic carbocycles. The van der Waals surface area contributed by atoms with Crippen LogP contribution in [0.3, 0.4) is 0 Å². The van der Waals surface area contributed by atoms with Crippen molar-refractivity contribution >= 4 is 11.6 Å². The largest absolute Gasteiger partial charge is 0.393 e. The van der Waals surface area contributed by atoms with Crippen LogP contribution in [0.2, 0.25) is 0 Å². The molecular formula is C21H27N3O2. The minimum absolute atomic E-state index is 0.185. The Morgan fingerprint density at radius 3 is 2.73 bits per heavy atom. The molecule has 1 aromatic rings. The Morgan fingerprint density at radius 2 is 1.96 bits per heavy atom. The molecule has 1 amide bonds. The van der Waals surface area contributed by atoms with Crippen molar-refractivity contribution in [2.45, 2.75) is 57.1 Å². The number of piperidine rings is 1. The molecule has 4 rings (SSSR count). The number of nitriles is 1. The quantitative estimate of drug-likeness (QED) is 0.888. The molecule has 1 saturated carbocycles. The van der Waals surface area contributed by atoms with Gasteiger partial charge in [0.1, 0.15) is 0 Å². The fourth-order valence-electron chi connectivity index (χ4n) is 5.07. The van der Waals surface area contributed by atoms with E-state index in [1.54, 1.807) is 0 Å². The lowest BCUT2D eigenvalue weighted by Gasteiger charge is -2.41. The number of amides is 1. The third kappa shape index (κ3) is 3.07. The molecule has 3 aliphatic rings. The summed E-state index contributed by atoms with van der Waals surface area (Å²) in [6.45, 7) is 2.55. The van der Waals surface area contributed by atoms with E-state index in [-0.39, 0.29) is 11.5 Å². The highest BCUT2D eigenvalue weighted by Crippen LogP contribution is 2.43. The number of hydrogen-bond donors (Lipinski definition) is 1. The van der Waals surface area contributed by atoms with Crippen molar-refractivity contribution in [2.24, 2.45) is 5.41 Å². The van der Waals surface area contributed by atoms with Crippen LogP contribution >= 0.6 is 0 Å². The van der Waals surface area contributed by atoms with Crippen LogP contribution < -0.4 is 4.90 Å². The van der Waals surface area contributed by atoms with Gasteiger partial charge in [-0.1, -0.05) is 6.07 Å². The van der Waals surface area contributed by atoms with Crippen LogP contribution in [0.15, 0.2) is 24.3 Å². The second-order valence-corrected chi connectivity index (χ2v) is 8.18. The smallest absolute Gasteiger partial charge is 0.230 e. The summed E-state index contributed by atoms with van der Waals surface area (Å²) in [5, 5.41) is 18.9. The molecule has 26 heavy (non-hydrogen) atoms. The molecule has 2 heterocycles. The lowest BCUT2D eigenvalue weighted by atomic mass is 9.78. The highest BCUT2D eigenvalue weighted by molar-refractivity contribution is 5.86. The molecule has 2 saturated heterocycles. The van der Waals surface area contributed by atoms with Crippen molar-refractivity contribution in [3.05, 3.63) is 29.8 Å². The molecule has 1 spiro atoms. The third-order valence-corrected chi connectivity index (χ3v) is 6.57. The van der Waals surface area contributed by atoms with Gasteiger partial charge >= 0.3 is 0 Å². The Labute approximate surface area is 155 Å². The Morgan fingerprint density at radius 1 is 1.15 bits per heavy atom. The molecule has 2 aliphatic heterocycles. The number of benzene rings is 1. The van der Waals surface area contributed by atoms with Crippen LogP contribution in [0, 0.1) is 16.7 Å². The van der Waals surface area contributed by atoms with Crippen LogP contribution in [0.4, 0.5) is 5.69 Å². The van der Waals surface area contributed by atoms with E-state index in [9.17, 15) is 9.90 Å². The van der Waals surface area contributed by atoms with Gasteiger partial charge in [-0.15, -0.1) is 0 Å². The zero-order valence-corrected chi connectivity index (χ0v) is 15.2. The van der Waals surface area contributed by atoms with E-state index >= 15 is 0 Å². The lowest BCUT2D eigenvalue weighted by molar-refractivity contribution is -0.139. The Balaban J connectivity index is 1.50. The lowest BCUT2D eigenvalue weighted by Crippen LogP contribution is -2.50. The molecule has 5 nitrogen and oxygen atoms in total. The zero-order chi connectivity index (χ0) is 18.1. The first-order valence-electron chi connectivity index (χ1n) is 9.86. The maximum Gasteiger partial charge on any atom is 0.230 e. The molecule has 1 atom stereocenters. The number of aliphatic hydroxyl groups is 1. The maximum atomic E-state index is 13.3. The fourth-order valence-corrected chi connectivity index (χ4v) is 5.07. The highest BCUT2D eigenvalue weighted by atomic mass is 16.3. The van der Waals surface area contributed by atoms with Crippen LogP contribution in [0.1, 0.15) is 50.5 Å². The molecule has 0 aromatic heterocycles. The highest BCUT2D eigenvalue weighted by Gasteiger charge is 2.50. The predicted octanol–water partition coefficient (Wildman–Crippen LogP) is 2.68. The van der Waals surface area contributed by atoms with Crippen LogP contribution in [-0.4, -0.2) is 47.7 Å². The van der Waals surface area contributed by atoms with Crippen LogP contribution in [0.5, 0.6) is 0 Å². The molecule has 0 bridgehead atoms. The normalized spacial score (nSPS) is 32.1. The first kappa shape index (κ1) is 17.4. The van der Waals surface area contributed by atoms with Gasteiger partial charge < -0.3 is 14.9 Å². The first-order chi connectivity index (χ1) is 12.6. The Kier molecular flexibility index (Phi) is 4.62. The zero-order valence-electron chi connectivity index (χ0n) is 15.2. The average Bonchev–Trinajstić information content (AvgIpc) is 2.98. The molecule has 5 heteroatoms. The SMILES string of the molecule is N#Cc1cccc(N2CCC[C@@]3(CCN(C4CCC(O)CC4)C3=O)C2)c1. The van der Waals surface area contributed by atoms with Crippen molar-refractivity contribution in [1.29, 1.82) is 5.26 Å². The van der Waals surface area contributed by atoms with Gasteiger partial charge in [0, 0.05) is 31.4 Å². The molecule has 0 unspecified atom stereocenters. The van der Waals surface area contributed by atoms with E-state index in [1.165, 1.54) is 0 Å². The number of anilines is 1. The van der Waals surface area contributed by atoms with Crippen molar-refractivity contribution < 1.29 is 9.90 Å². The summed E-state index contributed by atoms with van der Waals surface area (Å²) in [7, 11) is 0.